The summed E-state index contributed by atoms with van der Waals surface area (Å²) in [7, 11) is 1.95. The van der Waals surface area contributed by atoms with Crippen LogP contribution >= 0.6 is 23.1 Å². The first-order chi connectivity index (χ1) is 4.84. The van der Waals surface area contributed by atoms with Crippen molar-refractivity contribution in [1.82, 2.24) is 9.36 Å². The Morgan fingerprint density at radius 3 is 3.10 bits per heavy atom. The maximum absolute atomic E-state index is 5.53. The van der Waals surface area contributed by atoms with Gasteiger partial charge in [0, 0.05) is 31.0 Å². The van der Waals surface area contributed by atoms with Gasteiger partial charge in [0.05, 0.1) is 0 Å². The van der Waals surface area contributed by atoms with Crippen molar-refractivity contribution in [3.8, 4) is 0 Å². The van der Waals surface area contributed by atoms with Gasteiger partial charge in [0.25, 0.3) is 0 Å². The van der Waals surface area contributed by atoms with Crippen LogP contribution in [0.4, 0.5) is 5.13 Å². The maximum Gasteiger partial charge on any atom is 0.204 e. The summed E-state index contributed by atoms with van der Waals surface area (Å²) in [6.45, 7) is 0.816. The van der Waals surface area contributed by atoms with Gasteiger partial charge < -0.3 is 4.90 Å². The Morgan fingerprint density at radius 2 is 2.60 bits per heavy atom. The molecule has 0 spiro atoms. The molecule has 0 aliphatic carbocycles. The van der Waals surface area contributed by atoms with Crippen LogP contribution in [0.5, 0.6) is 0 Å². The molecule has 10 heavy (non-hydrogen) atoms. The highest BCUT2D eigenvalue weighted by molar-refractivity contribution is 7.09. The first-order valence-electron chi connectivity index (χ1n) is 2.88. The van der Waals surface area contributed by atoms with Gasteiger partial charge in [-0.3, -0.25) is 0 Å². The number of aromatic nitrogens is 2. The molecule has 0 aliphatic heterocycles. The number of anilines is 1. The van der Waals surface area contributed by atoms with Crippen LogP contribution in [0, 0.1) is 0 Å². The topological polar surface area (TPSA) is 29.0 Å². The summed E-state index contributed by atoms with van der Waals surface area (Å²) < 4.78 is 3.87. The van der Waals surface area contributed by atoms with Gasteiger partial charge in [0.2, 0.25) is 5.13 Å². The molecule has 0 saturated carbocycles. The molecule has 56 valence electrons. The minimum Gasteiger partial charge on any atom is -0.349 e. The fourth-order valence-corrected chi connectivity index (χ4v) is 1.32. The Labute approximate surface area is 68.8 Å². The van der Waals surface area contributed by atoms with E-state index in [1.165, 1.54) is 11.5 Å². The molecule has 3 nitrogen and oxygen atoms in total. The van der Waals surface area contributed by atoms with E-state index in [0.29, 0.717) is 5.88 Å². The molecular formula is C5H8ClN3S. The molecule has 5 heteroatoms. The van der Waals surface area contributed by atoms with Crippen molar-refractivity contribution in [2.45, 2.75) is 0 Å². The van der Waals surface area contributed by atoms with Crippen LogP contribution in [0.25, 0.3) is 0 Å². The van der Waals surface area contributed by atoms with E-state index in [4.69, 9.17) is 11.6 Å². The van der Waals surface area contributed by atoms with Gasteiger partial charge in [-0.15, -0.1) is 11.6 Å². The van der Waals surface area contributed by atoms with E-state index in [2.05, 4.69) is 9.36 Å². The summed E-state index contributed by atoms with van der Waals surface area (Å²) in [5, 5.41) is 0.917. The minimum atomic E-state index is 0.621. The van der Waals surface area contributed by atoms with Gasteiger partial charge >= 0.3 is 0 Å². The van der Waals surface area contributed by atoms with Gasteiger partial charge in [-0.05, 0) is 0 Å². The Morgan fingerprint density at radius 1 is 1.80 bits per heavy atom. The van der Waals surface area contributed by atoms with Crippen molar-refractivity contribution in [2.24, 2.45) is 0 Å². The molecule has 1 rings (SSSR count). The molecule has 1 heterocycles. The van der Waals surface area contributed by atoms with E-state index in [1.54, 1.807) is 6.33 Å². The highest BCUT2D eigenvalue weighted by Crippen LogP contribution is 2.11. The smallest absolute Gasteiger partial charge is 0.204 e. The second-order valence-corrected chi connectivity index (χ2v) is 2.97. The SMILES string of the molecule is CN(CCCl)c1ncns1. The second kappa shape index (κ2) is 3.73. The summed E-state index contributed by atoms with van der Waals surface area (Å²) in [6, 6.07) is 0. The standard InChI is InChI=1S/C5H8ClN3S/c1-9(3-2-6)5-7-4-8-10-5/h4H,2-3H2,1H3. The second-order valence-electron chi connectivity index (χ2n) is 1.83. The highest BCUT2D eigenvalue weighted by atomic mass is 35.5. The Bertz CT molecular complexity index is 177. The zero-order valence-corrected chi connectivity index (χ0v) is 7.19. The predicted octanol–water partition coefficient (Wildman–Crippen LogP) is 1.21. The first-order valence-corrected chi connectivity index (χ1v) is 4.19. The van der Waals surface area contributed by atoms with Gasteiger partial charge in [-0.2, -0.15) is 4.37 Å². The average molecular weight is 178 g/mol. The largest absolute Gasteiger partial charge is 0.349 e. The van der Waals surface area contributed by atoms with Crippen LogP contribution in [-0.2, 0) is 0 Å². The van der Waals surface area contributed by atoms with Crippen LogP contribution in [0.3, 0.4) is 0 Å². The van der Waals surface area contributed by atoms with Crippen LogP contribution in [0.15, 0.2) is 6.33 Å². The average Bonchev–Trinajstić information content (AvgIpc) is 2.38. The van der Waals surface area contributed by atoms with E-state index in [9.17, 15) is 0 Å². The van der Waals surface area contributed by atoms with Crippen LogP contribution in [-0.4, -0.2) is 28.8 Å². The van der Waals surface area contributed by atoms with E-state index >= 15 is 0 Å². The summed E-state index contributed by atoms with van der Waals surface area (Å²) in [4.78, 5) is 5.99. The molecule has 0 saturated heterocycles. The molecule has 0 N–H and O–H groups in total. The third-order valence-electron chi connectivity index (χ3n) is 1.10. The Balaban J connectivity index is 2.50. The van der Waals surface area contributed by atoms with Gasteiger partial charge in [-0.1, -0.05) is 0 Å². The molecular weight excluding hydrogens is 170 g/mol. The van der Waals surface area contributed by atoms with Crippen molar-refractivity contribution in [1.29, 1.82) is 0 Å². The number of hydrogen-bond donors (Lipinski definition) is 0. The molecule has 0 aliphatic rings. The maximum atomic E-state index is 5.53. The number of alkyl halides is 1. The third-order valence-corrected chi connectivity index (χ3v) is 2.05. The van der Waals surface area contributed by atoms with Crippen LogP contribution < -0.4 is 4.90 Å². The van der Waals surface area contributed by atoms with Crippen molar-refractivity contribution in [2.75, 3.05) is 24.4 Å². The number of nitrogens with zero attached hydrogens (tertiary/aromatic N) is 3. The van der Waals surface area contributed by atoms with Gasteiger partial charge in [0.1, 0.15) is 6.33 Å². The molecule has 0 amide bonds. The molecule has 1 aromatic rings. The highest BCUT2D eigenvalue weighted by Gasteiger charge is 2.01. The summed E-state index contributed by atoms with van der Waals surface area (Å²) in [5.41, 5.74) is 0. The minimum absolute atomic E-state index is 0.621. The molecule has 0 atom stereocenters. The summed E-state index contributed by atoms with van der Waals surface area (Å²) in [6.07, 6.45) is 1.55. The van der Waals surface area contributed by atoms with Crippen LogP contribution in [0.2, 0.25) is 0 Å². The molecule has 0 aromatic carbocycles. The molecule has 0 unspecified atom stereocenters. The quantitative estimate of drug-likeness (QED) is 0.650. The number of halogens is 1. The normalized spacial score (nSPS) is 9.80. The summed E-state index contributed by atoms with van der Waals surface area (Å²) in [5.74, 6) is 0.621. The monoisotopic (exact) mass is 177 g/mol. The molecule has 0 bridgehead atoms. The Hall–Kier alpha value is -0.350. The number of rotatable bonds is 3. The third kappa shape index (κ3) is 1.82. The summed E-state index contributed by atoms with van der Waals surface area (Å²) >= 11 is 6.91. The fourth-order valence-electron chi connectivity index (χ4n) is 0.558. The van der Waals surface area contributed by atoms with E-state index in [0.717, 1.165) is 11.7 Å². The van der Waals surface area contributed by atoms with E-state index in [-0.39, 0.29) is 0 Å². The van der Waals surface area contributed by atoms with Crippen molar-refractivity contribution >= 4 is 28.3 Å². The lowest BCUT2D eigenvalue weighted by molar-refractivity contribution is 0.962. The lowest BCUT2D eigenvalue weighted by Crippen LogP contribution is -2.18. The lowest BCUT2D eigenvalue weighted by atomic mass is 10.7. The predicted molar refractivity (Wildman–Crippen MR) is 43.9 cm³/mol. The van der Waals surface area contributed by atoms with E-state index < -0.39 is 0 Å². The Kier molecular flexibility index (Phi) is 2.89. The molecule has 0 radical (unpaired) electrons. The first kappa shape index (κ1) is 7.75. The zero-order chi connectivity index (χ0) is 7.40. The fraction of sp³-hybridized carbons (Fsp3) is 0.600. The lowest BCUT2D eigenvalue weighted by Gasteiger charge is -2.11. The van der Waals surface area contributed by atoms with E-state index in [1.807, 2.05) is 11.9 Å². The van der Waals surface area contributed by atoms with Crippen molar-refractivity contribution in [3.05, 3.63) is 6.33 Å². The van der Waals surface area contributed by atoms with Crippen molar-refractivity contribution < 1.29 is 0 Å². The molecule has 0 fully saturated rings. The molecule has 1 aromatic heterocycles. The van der Waals surface area contributed by atoms with Crippen molar-refractivity contribution in [3.63, 3.8) is 0 Å². The van der Waals surface area contributed by atoms with Crippen LogP contribution in [0.1, 0.15) is 0 Å². The number of hydrogen-bond acceptors (Lipinski definition) is 4. The zero-order valence-electron chi connectivity index (χ0n) is 5.62. The van der Waals surface area contributed by atoms with Gasteiger partial charge in [-0.25, -0.2) is 4.98 Å². The van der Waals surface area contributed by atoms with Gasteiger partial charge in [0.15, 0.2) is 0 Å².